The van der Waals surface area contributed by atoms with E-state index in [2.05, 4.69) is 5.10 Å². The quantitative estimate of drug-likeness (QED) is 0.455. The number of hydrogen-bond donors (Lipinski definition) is 0. The minimum Gasteiger partial charge on any atom is -0.494 e. The van der Waals surface area contributed by atoms with Crippen molar-refractivity contribution in [3.05, 3.63) is 72.1 Å². The van der Waals surface area contributed by atoms with Crippen LogP contribution in [0, 0.1) is 6.92 Å². The highest BCUT2D eigenvalue weighted by molar-refractivity contribution is 7.22. The topological polar surface area (TPSA) is 60.2 Å². The van der Waals surface area contributed by atoms with Crippen molar-refractivity contribution in [3.8, 4) is 5.75 Å². The standard InChI is InChI=1S/C22H22N4O2S/c1-3-28-18-9-10-19-20(11-18)29-22(24-19)26(14-17-7-5-4-6-8-17)21(27)15-25-13-16(2)12-23-25/h4-13H,3,14-15H2,1-2H3. The van der Waals surface area contributed by atoms with Gasteiger partial charge in [0.15, 0.2) is 5.13 Å². The van der Waals surface area contributed by atoms with Gasteiger partial charge >= 0.3 is 0 Å². The maximum atomic E-state index is 13.2. The van der Waals surface area contributed by atoms with Crippen LogP contribution in [0.5, 0.6) is 5.75 Å². The van der Waals surface area contributed by atoms with E-state index >= 15 is 0 Å². The average Bonchev–Trinajstić information content (AvgIpc) is 3.32. The lowest BCUT2D eigenvalue weighted by atomic mass is 10.2. The molecule has 0 N–H and O–H groups in total. The van der Waals surface area contributed by atoms with Crippen molar-refractivity contribution in [2.75, 3.05) is 11.5 Å². The Kier molecular flexibility index (Phi) is 5.57. The van der Waals surface area contributed by atoms with Crippen molar-refractivity contribution in [3.63, 3.8) is 0 Å². The fourth-order valence-electron chi connectivity index (χ4n) is 3.07. The van der Waals surface area contributed by atoms with Crippen LogP contribution in [-0.2, 0) is 17.9 Å². The van der Waals surface area contributed by atoms with Crippen LogP contribution in [0.15, 0.2) is 60.9 Å². The van der Waals surface area contributed by atoms with Gasteiger partial charge in [-0.3, -0.25) is 14.4 Å². The van der Waals surface area contributed by atoms with Gasteiger partial charge in [-0.15, -0.1) is 0 Å². The van der Waals surface area contributed by atoms with E-state index in [0.717, 1.165) is 27.1 Å². The van der Waals surface area contributed by atoms with Crippen molar-refractivity contribution < 1.29 is 9.53 Å². The molecule has 7 heteroatoms. The molecule has 148 valence electrons. The highest BCUT2D eigenvalue weighted by atomic mass is 32.1. The molecule has 0 fully saturated rings. The zero-order valence-electron chi connectivity index (χ0n) is 16.4. The molecule has 6 nitrogen and oxygen atoms in total. The van der Waals surface area contributed by atoms with Gasteiger partial charge < -0.3 is 4.74 Å². The van der Waals surface area contributed by atoms with Crippen molar-refractivity contribution in [1.82, 2.24) is 14.8 Å². The predicted molar refractivity (Wildman–Crippen MR) is 115 cm³/mol. The molecular weight excluding hydrogens is 384 g/mol. The zero-order chi connectivity index (χ0) is 20.2. The van der Waals surface area contributed by atoms with Crippen molar-refractivity contribution in [2.45, 2.75) is 26.9 Å². The number of nitrogens with zero attached hydrogens (tertiary/aromatic N) is 4. The molecule has 0 aliphatic carbocycles. The van der Waals surface area contributed by atoms with Gasteiger partial charge in [0.1, 0.15) is 12.3 Å². The second-order valence-corrected chi connectivity index (χ2v) is 7.75. The number of carbonyl (C=O) groups is 1. The smallest absolute Gasteiger partial charge is 0.250 e. The summed E-state index contributed by atoms with van der Waals surface area (Å²) >= 11 is 1.49. The number of hydrogen-bond acceptors (Lipinski definition) is 5. The second kappa shape index (κ2) is 8.45. The number of amides is 1. The average molecular weight is 407 g/mol. The Hall–Kier alpha value is -3.19. The minimum atomic E-state index is -0.0546. The van der Waals surface area contributed by atoms with E-state index in [4.69, 9.17) is 9.72 Å². The van der Waals surface area contributed by atoms with Crippen LogP contribution in [0.4, 0.5) is 5.13 Å². The van der Waals surface area contributed by atoms with Crippen molar-refractivity contribution in [2.24, 2.45) is 0 Å². The molecule has 4 rings (SSSR count). The number of anilines is 1. The van der Waals surface area contributed by atoms with E-state index < -0.39 is 0 Å². The summed E-state index contributed by atoms with van der Waals surface area (Å²) in [5, 5.41) is 4.92. The number of thiazole rings is 1. The molecule has 1 amide bonds. The molecule has 4 aromatic rings. The van der Waals surface area contributed by atoms with Crippen LogP contribution in [0.2, 0.25) is 0 Å². The molecule has 0 spiro atoms. The third kappa shape index (κ3) is 4.46. The molecule has 0 saturated carbocycles. The summed E-state index contributed by atoms with van der Waals surface area (Å²) < 4.78 is 8.25. The number of carbonyl (C=O) groups excluding carboxylic acids is 1. The Balaban J connectivity index is 1.67. The van der Waals surface area contributed by atoms with Gasteiger partial charge in [-0.2, -0.15) is 5.10 Å². The van der Waals surface area contributed by atoms with Crippen molar-refractivity contribution in [1.29, 1.82) is 0 Å². The summed E-state index contributed by atoms with van der Waals surface area (Å²) in [6, 6.07) is 15.8. The van der Waals surface area contributed by atoms with Gasteiger partial charge in [0.2, 0.25) is 0 Å². The molecular formula is C22H22N4O2S. The Morgan fingerprint density at radius 3 is 2.76 bits per heavy atom. The highest BCUT2D eigenvalue weighted by Crippen LogP contribution is 2.32. The third-order valence-electron chi connectivity index (χ3n) is 4.43. The van der Waals surface area contributed by atoms with Gasteiger partial charge in [0.05, 0.1) is 29.6 Å². The second-order valence-electron chi connectivity index (χ2n) is 6.74. The van der Waals surface area contributed by atoms with E-state index in [9.17, 15) is 4.79 Å². The highest BCUT2D eigenvalue weighted by Gasteiger charge is 2.21. The van der Waals surface area contributed by atoms with Gasteiger partial charge in [-0.25, -0.2) is 4.98 Å². The lowest BCUT2D eigenvalue weighted by molar-refractivity contribution is -0.119. The van der Waals surface area contributed by atoms with Gasteiger partial charge in [-0.1, -0.05) is 41.7 Å². The largest absolute Gasteiger partial charge is 0.494 e. The Morgan fingerprint density at radius 1 is 1.21 bits per heavy atom. The van der Waals surface area contributed by atoms with Gasteiger partial charge in [0.25, 0.3) is 5.91 Å². The summed E-state index contributed by atoms with van der Waals surface area (Å²) in [5.41, 5.74) is 2.93. The summed E-state index contributed by atoms with van der Waals surface area (Å²) in [7, 11) is 0. The minimum absolute atomic E-state index is 0.0546. The number of rotatable bonds is 7. The first-order valence-electron chi connectivity index (χ1n) is 9.49. The van der Waals surface area contributed by atoms with E-state index in [1.54, 1.807) is 15.8 Å². The molecule has 2 heterocycles. The molecule has 0 bridgehead atoms. The van der Waals surface area contributed by atoms with Gasteiger partial charge in [0, 0.05) is 6.20 Å². The first-order valence-corrected chi connectivity index (χ1v) is 10.3. The van der Waals surface area contributed by atoms with Crippen LogP contribution < -0.4 is 9.64 Å². The monoisotopic (exact) mass is 406 g/mol. The first-order chi connectivity index (χ1) is 14.1. The first kappa shape index (κ1) is 19.1. The molecule has 29 heavy (non-hydrogen) atoms. The van der Waals surface area contributed by atoms with Crippen LogP contribution in [0.25, 0.3) is 10.2 Å². The van der Waals surface area contributed by atoms with E-state index in [1.165, 1.54) is 11.3 Å². The lowest BCUT2D eigenvalue weighted by Gasteiger charge is -2.20. The maximum Gasteiger partial charge on any atom is 0.250 e. The molecule has 0 unspecified atom stereocenters. The summed E-state index contributed by atoms with van der Waals surface area (Å²) in [5.74, 6) is 0.754. The molecule has 2 aromatic heterocycles. The molecule has 0 aliphatic heterocycles. The van der Waals surface area contributed by atoms with Crippen LogP contribution in [0.1, 0.15) is 18.1 Å². The number of benzene rings is 2. The number of ether oxygens (including phenoxy) is 1. The number of aromatic nitrogens is 3. The fourth-order valence-corrected chi connectivity index (χ4v) is 4.08. The Morgan fingerprint density at radius 2 is 2.03 bits per heavy atom. The molecule has 2 aromatic carbocycles. The fraction of sp³-hybridized carbons (Fsp3) is 0.227. The summed E-state index contributed by atoms with van der Waals surface area (Å²) in [4.78, 5) is 19.6. The van der Waals surface area contributed by atoms with Crippen LogP contribution in [-0.4, -0.2) is 27.3 Å². The lowest BCUT2D eigenvalue weighted by Crippen LogP contribution is -2.33. The molecule has 0 atom stereocenters. The van der Waals surface area contributed by atoms with E-state index in [0.29, 0.717) is 18.3 Å². The molecule has 0 saturated heterocycles. The SMILES string of the molecule is CCOc1ccc2nc(N(Cc3ccccc3)C(=O)Cn3cc(C)cn3)sc2c1. The normalized spacial score (nSPS) is 11.0. The Labute approximate surface area is 173 Å². The third-order valence-corrected chi connectivity index (χ3v) is 5.48. The number of aryl methyl sites for hydroxylation is 1. The van der Waals surface area contributed by atoms with E-state index in [-0.39, 0.29) is 12.5 Å². The van der Waals surface area contributed by atoms with E-state index in [1.807, 2.05) is 68.6 Å². The zero-order valence-corrected chi connectivity index (χ0v) is 17.2. The van der Waals surface area contributed by atoms with Crippen LogP contribution in [0.3, 0.4) is 0 Å². The summed E-state index contributed by atoms with van der Waals surface area (Å²) in [6.45, 7) is 5.15. The Bertz CT molecular complexity index is 1120. The molecule has 0 radical (unpaired) electrons. The van der Waals surface area contributed by atoms with Gasteiger partial charge in [-0.05, 0) is 43.2 Å². The van der Waals surface area contributed by atoms with Crippen LogP contribution >= 0.6 is 11.3 Å². The maximum absolute atomic E-state index is 13.2. The van der Waals surface area contributed by atoms with Crippen molar-refractivity contribution >= 4 is 32.6 Å². The molecule has 0 aliphatic rings. The number of fused-ring (bicyclic) bond motifs is 1. The predicted octanol–water partition coefficient (Wildman–Crippen LogP) is 4.43. The summed E-state index contributed by atoms with van der Waals surface area (Å²) in [6.07, 6.45) is 3.62.